The zero-order valence-corrected chi connectivity index (χ0v) is 18.4. The Bertz CT molecular complexity index is 658. The Kier molecular flexibility index (Phi) is 12.2. The van der Waals surface area contributed by atoms with Gasteiger partial charge in [-0.15, -0.1) is 0 Å². The topological polar surface area (TPSA) is 103 Å². The summed E-state index contributed by atoms with van der Waals surface area (Å²) in [6, 6.07) is 3.77. The van der Waals surface area contributed by atoms with Crippen molar-refractivity contribution in [2.45, 2.75) is 46.0 Å². The first kappa shape index (κ1) is 25.4. The highest BCUT2D eigenvalue weighted by Crippen LogP contribution is 2.17. The van der Waals surface area contributed by atoms with Crippen molar-refractivity contribution in [3.63, 3.8) is 0 Å². The van der Waals surface area contributed by atoms with Crippen LogP contribution in [0.5, 0.6) is 0 Å². The molecule has 0 saturated carbocycles. The quantitative estimate of drug-likeness (QED) is 0.368. The molecule has 2 N–H and O–H groups in total. The van der Waals surface area contributed by atoms with E-state index in [1.807, 2.05) is 0 Å². The Labute approximate surface area is 178 Å². The smallest absolute Gasteiger partial charge is 0.337 e. The molecule has 0 heterocycles. The number of amides is 2. The summed E-state index contributed by atoms with van der Waals surface area (Å²) in [6.07, 6.45) is 5.40. The van der Waals surface area contributed by atoms with E-state index in [9.17, 15) is 14.4 Å². The number of nitrogens with one attached hydrogen (secondary N) is 2. The third-order valence-corrected chi connectivity index (χ3v) is 4.68. The van der Waals surface area contributed by atoms with E-state index in [4.69, 9.17) is 4.74 Å². The van der Waals surface area contributed by atoms with Crippen molar-refractivity contribution in [3.05, 3.63) is 29.3 Å². The highest BCUT2D eigenvalue weighted by molar-refractivity contribution is 5.99. The van der Waals surface area contributed by atoms with Gasteiger partial charge in [-0.3, -0.25) is 0 Å². The van der Waals surface area contributed by atoms with Gasteiger partial charge < -0.3 is 24.8 Å². The number of methoxy groups -OCH3 is 2. The number of unbranched alkanes of at least 4 members (excludes halogenated alkanes) is 1. The fourth-order valence-electron chi connectivity index (χ4n) is 2.87. The Morgan fingerprint density at radius 3 is 2.13 bits per heavy atom. The normalized spacial score (nSPS) is 11.5. The van der Waals surface area contributed by atoms with Gasteiger partial charge in [0.2, 0.25) is 0 Å². The zero-order chi connectivity index (χ0) is 22.4. The maximum absolute atomic E-state index is 12.1. The highest BCUT2D eigenvalue weighted by Gasteiger charge is 2.15. The zero-order valence-electron chi connectivity index (χ0n) is 18.4. The number of benzene rings is 1. The fourth-order valence-corrected chi connectivity index (χ4v) is 2.87. The second-order valence-corrected chi connectivity index (χ2v) is 7.01. The highest BCUT2D eigenvalue weighted by atomic mass is 16.5. The SMILES string of the molecule is CCCCC(CC)COCCCNC(=O)Nc1cc(C(=O)OC)cc(C(=O)OC)c1. The third-order valence-electron chi connectivity index (χ3n) is 4.68. The van der Waals surface area contributed by atoms with Crippen molar-refractivity contribution in [1.29, 1.82) is 0 Å². The van der Waals surface area contributed by atoms with E-state index in [0.717, 1.165) is 13.0 Å². The summed E-state index contributed by atoms with van der Waals surface area (Å²) in [5, 5.41) is 5.35. The van der Waals surface area contributed by atoms with Crippen molar-refractivity contribution >= 4 is 23.7 Å². The first-order chi connectivity index (χ1) is 14.4. The standard InChI is InChI=1S/C22H34N2O6/c1-5-7-9-16(6-2)15-30-11-8-10-23-22(27)24-19-13-17(20(25)28-3)12-18(14-19)21(26)29-4/h12-14,16H,5-11,15H2,1-4H3,(H2,23,24,27). The minimum absolute atomic E-state index is 0.137. The molecule has 0 aliphatic rings. The summed E-state index contributed by atoms with van der Waals surface area (Å²) in [6.45, 7) is 6.13. The van der Waals surface area contributed by atoms with Crippen molar-refractivity contribution < 1.29 is 28.6 Å². The van der Waals surface area contributed by atoms with Gasteiger partial charge in [0, 0.05) is 25.4 Å². The summed E-state index contributed by atoms with van der Waals surface area (Å²) in [4.78, 5) is 35.7. The summed E-state index contributed by atoms with van der Waals surface area (Å²) in [5.41, 5.74) is 0.559. The van der Waals surface area contributed by atoms with E-state index in [0.29, 0.717) is 25.5 Å². The number of anilines is 1. The molecule has 1 atom stereocenters. The first-order valence-electron chi connectivity index (χ1n) is 10.4. The van der Waals surface area contributed by atoms with E-state index < -0.39 is 18.0 Å². The number of esters is 2. The molecular weight excluding hydrogens is 388 g/mol. The van der Waals surface area contributed by atoms with Crippen LogP contribution in [0.2, 0.25) is 0 Å². The lowest BCUT2D eigenvalue weighted by Crippen LogP contribution is -2.30. The predicted molar refractivity (Wildman–Crippen MR) is 115 cm³/mol. The van der Waals surface area contributed by atoms with Crippen LogP contribution in [0, 0.1) is 5.92 Å². The number of carbonyl (C=O) groups is 3. The monoisotopic (exact) mass is 422 g/mol. The van der Waals surface area contributed by atoms with Gasteiger partial charge in [-0.05, 0) is 37.0 Å². The Balaban J connectivity index is 2.47. The van der Waals surface area contributed by atoms with E-state index in [1.54, 1.807) is 0 Å². The summed E-state index contributed by atoms with van der Waals surface area (Å²) in [5.74, 6) is -0.649. The molecule has 0 aromatic heterocycles. The van der Waals surface area contributed by atoms with Gasteiger partial charge >= 0.3 is 18.0 Å². The van der Waals surface area contributed by atoms with Crippen LogP contribution in [0.4, 0.5) is 10.5 Å². The van der Waals surface area contributed by atoms with E-state index in [-0.39, 0.29) is 16.8 Å². The molecule has 2 amide bonds. The maximum Gasteiger partial charge on any atom is 0.337 e. The summed E-state index contributed by atoms with van der Waals surface area (Å²) < 4.78 is 15.1. The van der Waals surface area contributed by atoms with E-state index in [2.05, 4.69) is 34.0 Å². The molecule has 1 unspecified atom stereocenters. The molecule has 1 aromatic rings. The molecular formula is C22H34N2O6. The molecule has 0 bridgehead atoms. The van der Waals surface area contributed by atoms with Crippen LogP contribution in [0.15, 0.2) is 18.2 Å². The molecule has 1 aromatic carbocycles. The lowest BCUT2D eigenvalue weighted by Gasteiger charge is -2.14. The molecule has 0 radical (unpaired) electrons. The number of rotatable bonds is 13. The summed E-state index contributed by atoms with van der Waals surface area (Å²) >= 11 is 0. The second kappa shape index (κ2) is 14.4. The average Bonchev–Trinajstić information content (AvgIpc) is 2.76. The van der Waals surface area contributed by atoms with Gasteiger partial charge in [-0.2, -0.15) is 0 Å². The van der Waals surface area contributed by atoms with Gasteiger partial charge in [0.25, 0.3) is 0 Å². The molecule has 168 valence electrons. The number of hydrogen-bond donors (Lipinski definition) is 2. The maximum atomic E-state index is 12.1. The van der Waals surface area contributed by atoms with Crippen LogP contribution in [-0.4, -0.2) is 51.9 Å². The van der Waals surface area contributed by atoms with Crippen molar-refractivity contribution in [2.24, 2.45) is 5.92 Å². The van der Waals surface area contributed by atoms with Crippen LogP contribution in [0.1, 0.15) is 66.7 Å². The largest absolute Gasteiger partial charge is 0.465 e. The molecule has 8 nitrogen and oxygen atoms in total. The number of urea groups is 1. The molecule has 0 spiro atoms. The number of hydrogen-bond acceptors (Lipinski definition) is 6. The third kappa shape index (κ3) is 9.26. The van der Waals surface area contributed by atoms with Gasteiger partial charge in [-0.1, -0.05) is 33.1 Å². The Morgan fingerprint density at radius 1 is 0.967 bits per heavy atom. The lowest BCUT2D eigenvalue weighted by atomic mass is 10.0. The van der Waals surface area contributed by atoms with Gasteiger partial charge in [0.1, 0.15) is 0 Å². The fraction of sp³-hybridized carbons (Fsp3) is 0.591. The Hall–Kier alpha value is -2.61. The average molecular weight is 423 g/mol. The van der Waals surface area contributed by atoms with E-state index in [1.165, 1.54) is 51.7 Å². The van der Waals surface area contributed by atoms with Crippen LogP contribution >= 0.6 is 0 Å². The molecule has 0 aliphatic heterocycles. The van der Waals surface area contributed by atoms with Crippen LogP contribution in [0.3, 0.4) is 0 Å². The minimum atomic E-state index is -0.620. The first-order valence-corrected chi connectivity index (χ1v) is 10.4. The lowest BCUT2D eigenvalue weighted by molar-refractivity contribution is 0.0599. The van der Waals surface area contributed by atoms with Crippen LogP contribution in [0.25, 0.3) is 0 Å². The van der Waals surface area contributed by atoms with E-state index >= 15 is 0 Å². The molecule has 8 heteroatoms. The molecule has 1 rings (SSSR count). The van der Waals surface area contributed by atoms with Gasteiger partial charge in [0.15, 0.2) is 0 Å². The summed E-state index contributed by atoms with van der Waals surface area (Å²) in [7, 11) is 2.48. The van der Waals surface area contributed by atoms with Crippen LogP contribution in [-0.2, 0) is 14.2 Å². The van der Waals surface area contributed by atoms with Crippen LogP contribution < -0.4 is 10.6 Å². The van der Waals surface area contributed by atoms with Gasteiger partial charge in [0.05, 0.1) is 25.3 Å². The van der Waals surface area contributed by atoms with Crippen molar-refractivity contribution in [1.82, 2.24) is 5.32 Å². The minimum Gasteiger partial charge on any atom is -0.465 e. The number of carbonyl (C=O) groups excluding carboxylic acids is 3. The van der Waals surface area contributed by atoms with Gasteiger partial charge in [-0.25, -0.2) is 14.4 Å². The Morgan fingerprint density at radius 2 is 1.60 bits per heavy atom. The molecule has 0 saturated heterocycles. The molecule has 0 aliphatic carbocycles. The van der Waals surface area contributed by atoms with Crippen molar-refractivity contribution in [2.75, 3.05) is 39.3 Å². The van der Waals surface area contributed by atoms with Crippen molar-refractivity contribution in [3.8, 4) is 0 Å². The second-order valence-electron chi connectivity index (χ2n) is 7.01. The predicted octanol–water partition coefficient (Wildman–Crippen LogP) is 4.00. The molecule has 0 fully saturated rings. The molecule has 30 heavy (non-hydrogen) atoms. The number of ether oxygens (including phenoxy) is 3.